The largest absolute Gasteiger partial charge is 0.489 e. The van der Waals surface area contributed by atoms with Crippen molar-refractivity contribution in [1.82, 2.24) is 19.6 Å². The Bertz CT molecular complexity index is 1140. The highest BCUT2D eigenvalue weighted by molar-refractivity contribution is 7.15. The second-order valence-corrected chi connectivity index (χ2v) is 11.2. The standard InChI is InChI=1S/C27H36N4O2S/c1-19-7-8-26(34-19)22-12-23-16-31(17-24-14-28-30(4)20(24)2)10-11-32-27(23)25(13-22)33-18-21-6-5-9-29(3)15-21/h7-8,12-14,21H,5-6,9-11,15-18H2,1-4H3/t21-/m0/s1. The van der Waals surface area contributed by atoms with Gasteiger partial charge in [0.1, 0.15) is 6.61 Å². The van der Waals surface area contributed by atoms with Gasteiger partial charge < -0.3 is 14.4 Å². The van der Waals surface area contributed by atoms with E-state index in [4.69, 9.17) is 9.47 Å². The van der Waals surface area contributed by atoms with E-state index in [1.54, 1.807) is 0 Å². The molecule has 1 atom stereocenters. The molecule has 0 saturated carbocycles. The van der Waals surface area contributed by atoms with Gasteiger partial charge in [0.05, 0.1) is 12.8 Å². The van der Waals surface area contributed by atoms with Crippen LogP contribution in [-0.4, -0.2) is 59.5 Å². The molecule has 4 heterocycles. The van der Waals surface area contributed by atoms with Crippen molar-refractivity contribution in [2.24, 2.45) is 13.0 Å². The quantitative estimate of drug-likeness (QED) is 0.503. The lowest BCUT2D eigenvalue weighted by molar-refractivity contribution is 0.146. The molecule has 3 aromatic rings. The van der Waals surface area contributed by atoms with E-state index in [2.05, 4.69) is 60.1 Å². The topological polar surface area (TPSA) is 42.8 Å². The molecule has 0 N–H and O–H groups in total. The van der Waals surface area contributed by atoms with Crippen LogP contribution in [0.25, 0.3) is 10.4 Å². The van der Waals surface area contributed by atoms with Crippen molar-refractivity contribution in [3.8, 4) is 21.9 Å². The summed E-state index contributed by atoms with van der Waals surface area (Å²) in [5, 5.41) is 4.43. The summed E-state index contributed by atoms with van der Waals surface area (Å²) in [7, 11) is 4.21. The van der Waals surface area contributed by atoms with Gasteiger partial charge in [0.15, 0.2) is 11.5 Å². The Kier molecular flexibility index (Phi) is 6.95. The average molecular weight is 481 g/mol. The van der Waals surface area contributed by atoms with E-state index < -0.39 is 0 Å². The Labute approximate surface area is 207 Å². The van der Waals surface area contributed by atoms with Gasteiger partial charge in [-0.2, -0.15) is 5.10 Å². The maximum absolute atomic E-state index is 6.51. The molecule has 5 rings (SSSR count). The van der Waals surface area contributed by atoms with Crippen LogP contribution in [-0.2, 0) is 20.1 Å². The monoisotopic (exact) mass is 480 g/mol. The summed E-state index contributed by atoms with van der Waals surface area (Å²) < 4.78 is 14.8. The van der Waals surface area contributed by atoms with E-state index in [0.717, 1.165) is 44.3 Å². The number of thiophene rings is 1. The van der Waals surface area contributed by atoms with Crippen molar-refractivity contribution in [3.63, 3.8) is 0 Å². The van der Waals surface area contributed by atoms with Crippen molar-refractivity contribution in [1.29, 1.82) is 0 Å². The number of fused-ring (bicyclic) bond motifs is 1. The highest BCUT2D eigenvalue weighted by atomic mass is 32.1. The van der Waals surface area contributed by atoms with Crippen LogP contribution in [0.1, 0.15) is 34.5 Å². The third-order valence-corrected chi connectivity index (χ3v) is 8.18. The van der Waals surface area contributed by atoms with E-state index in [9.17, 15) is 0 Å². The minimum atomic E-state index is 0.567. The molecule has 0 radical (unpaired) electrons. The van der Waals surface area contributed by atoms with Crippen molar-refractivity contribution in [2.75, 3.05) is 39.9 Å². The van der Waals surface area contributed by atoms with Crippen molar-refractivity contribution >= 4 is 11.3 Å². The maximum Gasteiger partial charge on any atom is 0.165 e. The summed E-state index contributed by atoms with van der Waals surface area (Å²) in [5.41, 5.74) is 4.91. The first-order valence-corrected chi connectivity index (χ1v) is 13.2. The normalized spacial score (nSPS) is 19.5. The number of ether oxygens (including phenoxy) is 2. The Morgan fingerprint density at radius 3 is 2.79 bits per heavy atom. The number of piperidine rings is 1. The zero-order chi connectivity index (χ0) is 23.7. The van der Waals surface area contributed by atoms with Crippen molar-refractivity contribution < 1.29 is 9.47 Å². The SMILES string of the molecule is Cc1ccc(-c2cc3c(c(OC[C@H]4CCCN(C)C4)c2)OCCN(Cc2cnn(C)c2C)C3)s1. The number of rotatable bonds is 6. The van der Waals surface area contributed by atoms with E-state index >= 15 is 0 Å². The minimum absolute atomic E-state index is 0.567. The van der Waals surface area contributed by atoms with E-state index in [1.807, 2.05) is 29.3 Å². The zero-order valence-corrected chi connectivity index (χ0v) is 21.7. The van der Waals surface area contributed by atoms with Crippen LogP contribution in [0.15, 0.2) is 30.5 Å². The van der Waals surface area contributed by atoms with Gasteiger partial charge in [-0.15, -0.1) is 11.3 Å². The minimum Gasteiger partial charge on any atom is -0.489 e. The number of aryl methyl sites for hydroxylation is 2. The number of likely N-dealkylation sites (tertiary alicyclic amines) is 1. The first-order valence-electron chi connectivity index (χ1n) is 12.3. The molecule has 7 heteroatoms. The Morgan fingerprint density at radius 1 is 1.18 bits per heavy atom. The van der Waals surface area contributed by atoms with Gasteiger partial charge in [-0.3, -0.25) is 9.58 Å². The smallest absolute Gasteiger partial charge is 0.165 e. The van der Waals surface area contributed by atoms with Crippen LogP contribution in [0.4, 0.5) is 0 Å². The fourth-order valence-electron chi connectivity index (χ4n) is 5.07. The highest BCUT2D eigenvalue weighted by Crippen LogP contribution is 2.40. The fourth-order valence-corrected chi connectivity index (χ4v) is 5.92. The maximum atomic E-state index is 6.51. The van der Waals surface area contributed by atoms with E-state index in [0.29, 0.717) is 12.5 Å². The lowest BCUT2D eigenvalue weighted by Gasteiger charge is -2.29. The number of benzene rings is 1. The fraction of sp³-hybridized carbons (Fsp3) is 0.519. The van der Waals surface area contributed by atoms with Gasteiger partial charge in [-0.25, -0.2) is 0 Å². The third-order valence-electron chi connectivity index (χ3n) is 7.13. The highest BCUT2D eigenvalue weighted by Gasteiger charge is 2.24. The van der Waals surface area contributed by atoms with Gasteiger partial charge in [-0.05, 0) is 70.1 Å². The van der Waals surface area contributed by atoms with Gasteiger partial charge in [-0.1, -0.05) is 0 Å². The Balaban J connectivity index is 1.42. The first-order chi connectivity index (χ1) is 16.5. The molecule has 34 heavy (non-hydrogen) atoms. The molecule has 0 bridgehead atoms. The van der Waals surface area contributed by atoms with Crippen LogP contribution in [0.3, 0.4) is 0 Å². The second kappa shape index (κ2) is 10.1. The zero-order valence-electron chi connectivity index (χ0n) is 20.8. The van der Waals surface area contributed by atoms with Gasteiger partial charge >= 0.3 is 0 Å². The van der Waals surface area contributed by atoms with Crippen LogP contribution in [0.5, 0.6) is 11.5 Å². The summed E-state index contributed by atoms with van der Waals surface area (Å²) in [6, 6.07) is 8.90. The molecule has 0 aliphatic carbocycles. The first kappa shape index (κ1) is 23.4. The molecular formula is C27H36N4O2S. The van der Waals surface area contributed by atoms with E-state index in [1.165, 1.54) is 51.5 Å². The predicted octanol–water partition coefficient (Wildman–Crippen LogP) is 4.88. The lowest BCUT2D eigenvalue weighted by atomic mass is 9.99. The van der Waals surface area contributed by atoms with Crippen molar-refractivity contribution in [3.05, 3.63) is 52.2 Å². The molecule has 1 aromatic carbocycles. The number of hydrogen-bond donors (Lipinski definition) is 0. The molecule has 2 aromatic heterocycles. The van der Waals surface area contributed by atoms with Crippen molar-refractivity contribution in [2.45, 2.75) is 39.8 Å². The molecule has 1 fully saturated rings. The average Bonchev–Trinajstić information content (AvgIpc) is 3.31. The molecule has 0 spiro atoms. The molecule has 0 unspecified atom stereocenters. The predicted molar refractivity (Wildman–Crippen MR) is 138 cm³/mol. The van der Waals surface area contributed by atoms with E-state index in [-0.39, 0.29) is 0 Å². The van der Waals surface area contributed by atoms with Crippen LogP contribution >= 0.6 is 11.3 Å². The molecular weight excluding hydrogens is 444 g/mol. The Hall–Kier alpha value is -2.35. The Morgan fingerprint density at radius 2 is 2.06 bits per heavy atom. The second-order valence-electron chi connectivity index (χ2n) is 9.89. The number of nitrogens with zero attached hydrogens (tertiary/aromatic N) is 4. The number of aromatic nitrogens is 2. The van der Waals surface area contributed by atoms with Gasteiger partial charge in [0, 0.05) is 65.7 Å². The molecule has 2 aliphatic heterocycles. The summed E-state index contributed by atoms with van der Waals surface area (Å²) in [5.74, 6) is 2.38. The summed E-state index contributed by atoms with van der Waals surface area (Å²) >= 11 is 1.83. The summed E-state index contributed by atoms with van der Waals surface area (Å²) in [6.45, 7) is 10.6. The molecule has 182 valence electrons. The van der Waals surface area contributed by atoms with Crippen LogP contribution in [0.2, 0.25) is 0 Å². The molecule has 6 nitrogen and oxygen atoms in total. The molecule has 1 saturated heterocycles. The van der Waals surface area contributed by atoms with Crippen LogP contribution < -0.4 is 9.47 Å². The molecule has 2 aliphatic rings. The summed E-state index contributed by atoms with van der Waals surface area (Å²) in [6.07, 6.45) is 4.47. The van der Waals surface area contributed by atoms with Crippen LogP contribution in [0, 0.1) is 19.8 Å². The summed E-state index contributed by atoms with van der Waals surface area (Å²) in [4.78, 5) is 7.47. The lowest BCUT2D eigenvalue weighted by Crippen LogP contribution is -2.34. The number of hydrogen-bond acceptors (Lipinski definition) is 6. The van der Waals surface area contributed by atoms with Gasteiger partial charge in [0.2, 0.25) is 0 Å². The molecule has 0 amide bonds. The third kappa shape index (κ3) is 5.16. The van der Waals surface area contributed by atoms with Gasteiger partial charge in [0.25, 0.3) is 0 Å².